The van der Waals surface area contributed by atoms with Gasteiger partial charge in [-0.3, -0.25) is 9.48 Å². The minimum absolute atomic E-state index is 0.201. The van der Waals surface area contributed by atoms with E-state index in [1.165, 1.54) is 6.42 Å². The zero-order chi connectivity index (χ0) is 13.0. The summed E-state index contributed by atoms with van der Waals surface area (Å²) < 4.78 is 1.85. The molecule has 0 amide bonds. The van der Waals surface area contributed by atoms with Crippen molar-refractivity contribution in [1.82, 2.24) is 9.78 Å². The number of hydrogen-bond acceptors (Lipinski definition) is 3. The number of rotatable bonds is 5. The molecule has 2 rings (SSSR count). The fourth-order valence-electron chi connectivity index (χ4n) is 2.89. The summed E-state index contributed by atoms with van der Waals surface area (Å²) in [5.74, 6) is 0.201. The first-order chi connectivity index (χ1) is 8.72. The van der Waals surface area contributed by atoms with Crippen molar-refractivity contribution < 1.29 is 4.79 Å². The molecule has 4 nitrogen and oxygen atoms in total. The second kappa shape index (κ2) is 5.65. The number of nitrogens with zero attached hydrogens (tertiary/aromatic N) is 2. The van der Waals surface area contributed by atoms with E-state index in [1.807, 2.05) is 10.9 Å². The number of ketones is 1. The Morgan fingerprint density at radius 2 is 2.17 bits per heavy atom. The summed E-state index contributed by atoms with van der Waals surface area (Å²) in [5, 5.41) is 4.24. The Kier molecular flexibility index (Phi) is 4.17. The van der Waals surface area contributed by atoms with Crippen molar-refractivity contribution in [2.75, 3.05) is 6.54 Å². The molecule has 1 aliphatic rings. The molecule has 2 N–H and O–H groups in total. The SMILES string of the molecule is CCCn1cc(C(=O)C2(CN)CCCCC2)cn1. The molecule has 1 fully saturated rings. The first-order valence-electron chi connectivity index (χ1n) is 6.99. The predicted octanol–water partition coefficient (Wildman–Crippen LogP) is 2.39. The molecule has 4 heteroatoms. The van der Waals surface area contributed by atoms with Crippen LogP contribution >= 0.6 is 0 Å². The molecular weight excluding hydrogens is 226 g/mol. The van der Waals surface area contributed by atoms with Gasteiger partial charge in [0.2, 0.25) is 0 Å². The number of hydrogen-bond donors (Lipinski definition) is 1. The second-order valence-electron chi connectivity index (χ2n) is 5.37. The predicted molar refractivity (Wildman–Crippen MR) is 71.4 cm³/mol. The summed E-state index contributed by atoms with van der Waals surface area (Å²) in [6.45, 7) is 3.43. The van der Waals surface area contributed by atoms with Gasteiger partial charge in [-0.25, -0.2) is 0 Å². The first kappa shape index (κ1) is 13.3. The highest BCUT2D eigenvalue weighted by atomic mass is 16.1. The molecule has 0 bridgehead atoms. The van der Waals surface area contributed by atoms with E-state index in [-0.39, 0.29) is 11.2 Å². The van der Waals surface area contributed by atoms with Gasteiger partial charge in [-0.2, -0.15) is 5.10 Å². The van der Waals surface area contributed by atoms with Crippen LogP contribution in [-0.4, -0.2) is 22.1 Å². The summed E-state index contributed by atoms with van der Waals surface area (Å²) in [5.41, 5.74) is 6.31. The van der Waals surface area contributed by atoms with Crippen LogP contribution in [0, 0.1) is 5.41 Å². The van der Waals surface area contributed by atoms with Crippen LogP contribution in [0.15, 0.2) is 12.4 Å². The van der Waals surface area contributed by atoms with Gasteiger partial charge in [0.25, 0.3) is 0 Å². The summed E-state index contributed by atoms with van der Waals surface area (Å²) >= 11 is 0. The van der Waals surface area contributed by atoms with Gasteiger partial charge in [0, 0.05) is 24.7 Å². The van der Waals surface area contributed by atoms with E-state index in [2.05, 4.69) is 12.0 Å². The lowest BCUT2D eigenvalue weighted by Crippen LogP contribution is -2.40. The number of aryl methyl sites for hydroxylation is 1. The molecule has 0 aliphatic heterocycles. The van der Waals surface area contributed by atoms with Gasteiger partial charge < -0.3 is 5.73 Å². The monoisotopic (exact) mass is 249 g/mol. The van der Waals surface area contributed by atoms with Crippen molar-refractivity contribution in [3.63, 3.8) is 0 Å². The van der Waals surface area contributed by atoms with E-state index >= 15 is 0 Å². The lowest BCUT2D eigenvalue weighted by Gasteiger charge is -2.34. The highest BCUT2D eigenvalue weighted by molar-refractivity contribution is 6.00. The third-order valence-electron chi connectivity index (χ3n) is 4.03. The van der Waals surface area contributed by atoms with Crippen molar-refractivity contribution in [2.24, 2.45) is 11.1 Å². The van der Waals surface area contributed by atoms with Crippen molar-refractivity contribution >= 4 is 5.78 Å². The molecule has 0 unspecified atom stereocenters. The summed E-state index contributed by atoms with van der Waals surface area (Å²) in [7, 11) is 0. The largest absolute Gasteiger partial charge is 0.329 e. The molecule has 1 aliphatic carbocycles. The average Bonchev–Trinajstić information content (AvgIpc) is 2.87. The first-order valence-corrected chi connectivity index (χ1v) is 6.99. The highest BCUT2D eigenvalue weighted by Crippen LogP contribution is 2.38. The third-order valence-corrected chi connectivity index (χ3v) is 4.03. The number of aromatic nitrogens is 2. The number of nitrogens with two attached hydrogens (primary N) is 1. The van der Waals surface area contributed by atoms with E-state index in [9.17, 15) is 4.79 Å². The maximum atomic E-state index is 12.6. The minimum Gasteiger partial charge on any atom is -0.329 e. The van der Waals surface area contributed by atoms with Crippen LogP contribution in [-0.2, 0) is 6.54 Å². The Bertz CT molecular complexity index is 405. The van der Waals surface area contributed by atoms with Gasteiger partial charge in [-0.05, 0) is 19.3 Å². The molecule has 100 valence electrons. The van der Waals surface area contributed by atoms with Gasteiger partial charge in [-0.1, -0.05) is 26.2 Å². The zero-order valence-electron chi connectivity index (χ0n) is 11.2. The second-order valence-corrected chi connectivity index (χ2v) is 5.37. The Balaban J connectivity index is 2.17. The van der Waals surface area contributed by atoms with E-state index in [0.717, 1.165) is 44.2 Å². The van der Waals surface area contributed by atoms with Crippen molar-refractivity contribution in [3.05, 3.63) is 18.0 Å². The Morgan fingerprint density at radius 3 is 2.78 bits per heavy atom. The summed E-state index contributed by atoms with van der Waals surface area (Å²) in [6.07, 6.45) is 9.92. The molecule has 0 radical (unpaired) electrons. The summed E-state index contributed by atoms with van der Waals surface area (Å²) in [4.78, 5) is 12.6. The van der Waals surface area contributed by atoms with Crippen LogP contribution in [0.4, 0.5) is 0 Å². The smallest absolute Gasteiger partial charge is 0.173 e. The Labute approximate surface area is 109 Å². The van der Waals surface area contributed by atoms with Gasteiger partial charge >= 0.3 is 0 Å². The van der Waals surface area contributed by atoms with Gasteiger partial charge in [0.15, 0.2) is 5.78 Å². The standard InChI is InChI=1S/C14H23N3O/c1-2-8-17-10-12(9-16-17)13(18)14(11-15)6-4-3-5-7-14/h9-10H,2-8,11,15H2,1H3. The average molecular weight is 249 g/mol. The van der Waals surface area contributed by atoms with Crippen LogP contribution in [0.2, 0.25) is 0 Å². The van der Waals surface area contributed by atoms with Crippen LogP contribution in [0.25, 0.3) is 0 Å². The summed E-state index contributed by atoms with van der Waals surface area (Å²) in [6, 6.07) is 0. The Hall–Kier alpha value is -1.16. The minimum atomic E-state index is -0.321. The van der Waals surface area contributed by atoms with Crippen LogP contribution in [0.3, 0.4) is 0 Å². The lowest BCUT2D eigenvalue weighted by atomic mass is 9.70. The lowest BCUT2D eigenvalue weighted by molar-refractivity contribution is 0.0729. The van der Waals surface area contributed by atoms with E-state index in [4.69, 9.17) is 5.73 Å². The third kappa shape index (κ3) is 2.48. The molecular formula is C14H23N3O. The maximum Gasteiger partial charge on any atom is 0.173 e. The van der Waals surface area contributed by atoms with Crippen molar-refractivity contribution in [2.45, 2.75) is 52.0 Å². The highest BCUT2D eigenvalue weighted by Gasteiger charge is 2.38. The van der Waals surface area contributed by atoms with E-state index in [0.29, 0.717) is 6.54 Å². The zero-order valence-corrected chi connectivity index (χ0v) is 11.2. The molecule has 0 atom stereocenters. The van der Waals surface area contributed by atoms with Crippen LogP contribution in [0.1, 0.15) is 55.8 Å². The molecule has 18 heavy (non-hydrogen) atoms. The molecule has 1 aromatic rings. The van der Waals surface area contributed by atoms with Crippen LogP contribution < -0.4 is 5.73 Å². The molecule has 0 aromatic carbocycles. The molecule has 1 aromatic heterocycles. The van der Waals surface area contributed by atoms with E-state index < -0.39 is 0 Å². The quantitative estimate of drug-likeness (QED) is 0.815. The molecule has 1 saturated carbocycles. The molecule has 0 saturated heterocycles. The fraction of sp³-hybridized carbons (Fsp3) is 0.714. The molecule has 1 heterocycles. The maximum absolute atomic E-state index is 12.6. The number of carbonyl (C=O) groups is 1. The topological polar surface area (TPSA) is 60.9 Å². The molecule has 0 spiro atoms. The normalized spacial score (nSPS) is 18.8. The van der Waals surface area contributed by atoms with Gasteiger partial charge in [0.05, 0.1) is 11.8 Å². The van der Waals surface area contributed by atoms with Crippen molar-refractivity contribution in [1.29, 1.82) is 0 Å². The Morgan fingerprint density at radius 1 is 1.44 bits per heavy atom. The fourth-order valence-corrected chi connectivity index (χ4v) is 2.89. The van der Waals surface area contributed by atoms with E-state index in [1.54, 1.807) is 6.20 Å². The van der Waals surface area contributed by atoms with Gasteiger partial charge in [0.1, 0.15) is 0 Å². The van der Waals surface area contributed by atoms with Crippen LogP contribution in [0.5, 0.6) is 0 Å². The van der Waals surface area contributed by atoms with Crippen molar-refractivity contribution in [3.8, 4) is 0 Å². The van der Waals surface area contributed by atoms with Gasteiger partial charge in [-0.15, -0.1) is 0 Å². The number of carbonyl (C=O) groups excluding carboxylic acids is 1. The number of Topliss-reactive ketones (excluding diaryl/α,β-unsaturated/α-hetero) is 1.